The number of nitrogens with zero attached hydrogens (tertiary/aromatic N) is 1. The lowest BCUT2D eigenvalue weighted by molar-refractivity contribution is 0.0597. The van der Waals surface area contributed by atoms with Gasteiger partial charge >= 0.3 is 0 Å². The van der Waals surface area contributed by atoms with Crippen molar-refractivity contribution >= 4 is 0 Å². The molecule has 1 saturated carbocycles. The van der Waals surface area contributed by atoms with E-state index >= 15 is 0 Å². The van der Waals surface area contributed by atoms with Crippen LogP contribution in [0.5, 0.6) is 0 Å². The van der Waals surface area contributed by atoms with Crippen molar-refractivity contribution in [2.45, 2.75) is 65.0 Å². The molecule has 2 heteroatoms. The van der Waals surface area contributed by atoms with Crippen LogP contribution in [0.4, 0.5) is 0 Å². The number of likely N-dealkylation sites (tertiary alicyclic amines) is 1. The maximum Gasteiger partial charge on any atom is 0.0100 e. The number of rotatable bonds is 2. The average molecular weight is 238 g/mol. The molecule has 2 rings (SSSR count). The molecule has 0 aromatic carbocycles. The quantitative estimate of drug-likeness (QED) is 0.801. The summed E-state index contributed by atoms with van der Waals surface area (Å²) in [6.45, 7) is 9.63. The SMILES string of the molecule is CCC1CN(C2CC(C)CC(C)C2)CCC1N. The fourth-order valence-electron chi connectivity index (χ4n) is 4.04. The summed E-state index contributed by atoms with van der Waals surface area (Å²) in [5, 5.41) is 0. The van der Waals surface area contributed by atoms with Crippen LogP contribution in [0.3, 0.4) is 0 Å². The van der Waals surface area contributed by atoms with E-state index in [1.807, 2.05) is 0 Å². The largest absolute Gasteiger partial charge is 0.327 e. The lowest BCUT2D eigenvalue weighted by Gasteiger charge is -2.44. The highest BCUT2D eigenvalue weighted by atomic mass is 15.2. The molecule has 2 fully saturated rings. The molecular formula is C15H30N2. The normalized spacial score (nSPS) is 44.8. The molecule has 2 nitrogen and oxygen atoms in total. The molecule has 0 amide bonds. The summed E-state index contributed by atoms with van der Waals surface area (Å²) in [5.74, 6) is 2.56. The van der Waals surface area contributed by atoms with Crippen molar-refractivity contribution in [3.63, 3.8) is 0 Å². The van der Waals surface area contributed by atoms with Crippen LogP contribution in [0, 0.1) is 17.8 Å². The first-order chi connectivity index (χ1) is 8.10. The monoisotopic (exact) mass is 238 g/mol. The zero-order valence-electron chi connectivity index (χ0n) is 11.9. The smallest absolute Gasteiger partial charge is 0.0100 e. The molecule has 1 aliphatic carbocycles. The van der Waals surface area contributed by atoms with Gasteiger partial charge in [0.05, 0.1) is 0 Å². The van der Waals surface area contributed by atoms with Gasteiger partial charge < -0.3 is 5.73 Å². The summed E-state index contributed by atoms with van der Waals surface area (Å²) < 4.78 is 0. The van der Waals surface area contributed by atoms with Gasteiger partial charge in [-0.15, -0.1) is 0 Å². The van der Waals surface area contributed by atoms with Crippen molar-refractivity contribution in [2.24, 2.45) is 23.5 Å². The summed E-state index contributed by atoms with van der Waals surface area (Å²) in [6, 6.07) is 1.30. The average Bonchev–Trinajstić information content (AvgIpc) is 2.28. The molecule has 2 aliphatic rings. The van der Waals surface area contributed by atoms with E-state index in [1.54, 1.807) is 0 Å². The van der Waals surface area contributed by atoms with Crippen molar-refractivity contribution in [2.75, 3.05) is 13.1 Å². The van der Waals surface area contributed by atoms with Crippen LogP contribution >= 0.6 is 0 Å². The maximum absolute atomic E-state index is 6.21. The molecule has 0 bridgehead atoms. The highest BCUT2D eigenvalue weighted by Gasteiger charge is 2.33. The van der Waals surface area contributed by atoms with Gasteiger partial charge in [-0.3, -0.25) is 4.90 Å². The highest BCUT2D eigenvalue weighted by Crippen LogP contribution is 2.33. The lowest BCUT2D eigenvalue weighted by atomic mass is 9.78. The van der Waals surface area contributed by atoms with Crippen LogP contribution in [-0.4, -0.2) is 30.1 Å². The molecule has 100 valence electrons. The lowest BCUT2D eigenvalue weighted by Crippen LogP contribution is -2.52. The van der Waals surface area contributed by atoms with Gasteiger partial charge in [0, 0.05) is 18.6 Å². The Balaban J connectivity index is 1.93. The van der Waals surface area contributed by atoms with E-state index in [1.165, 1.54) is 45.2 Å². The zero-order valence-corrected chi connectivity index (χ0v) is 11.9. The third kappa shape index (κ3) is 3.23. The second-order valence-corrected chi connectivity index (χ2v) is 6.69. The first kappa shape index (κ1) is 13.4. The Morgan fingerprint density at radius 1 is 1.12 bits per heavy atom. The van der Waals surface area contributed by atoms with Crippen molar-refractivity contribution in [1.82, 2.24) is 4.90 Å². The van der Waals surface area contributed by atoms with Crippen molar-refractivity contribution in [3.05, 3.63) is 0 Å². The second-order valence-electron chi connectivity index (χ2n) is 6.69. The summed E-state index contributed by atoms with van der Waals surface area (Å²) >= 11 is 0. The fraction of sp³-hybridized carbons (Fsp3) is 1.00. The molecule has 1 heterocycles. The number of nitrogens with two attached hydrogens (primary N) is 1. The Kier molecular flexibility index (Phi) is 4.48. The van der Waals surface area contributed by atoms with Gasteiger partial charge in [-0.1, -0.05) is 27.2 Å². The molecule has 0 aromatic rings. The molecule has 0 radical (unpaired) electrons. The van der Waals surface area contributed by atoms with Crippen LogP contribution < -0.4 is 5.73 Å². The molecule has 4 atom stereocenters. The van der Waals surface area contributed by atoms with Gasteiger partial charge in [0.2, 0.25) is 0 Å². The zero-order chi connectivity index (χ0) is 12.4. The van der Waals surface area contributed by atoms with Crippen LogP contribution in [0.25, 0.3) is 0 Å². The Labute approximate surface area is 107 Å². The molecule has 0 aromatic heterocycles. The Morgan fingerprint density at radius 3 is 2.35 bits per heavy atom. The minimum absolute atomic E-state index is 0.453. The van der Waals surface area contributed by atoms with Crippen LogP contribution in [-0.2, 0) is 0 Å². The standard InChI is InChI=1S/C15H30N2/c1-4-13-10-17(6-5-15(13)16)14-8-11(2)7-12(3)9-14/h11-15H,4-10,16H2,1-3H3. The number of hydrogen-bond acceptors (Lipinski definition) is 2. The minimum atomic E-state index is 0.453. The first-order valence-electron chi connectivity index (χ1n) is 7.59. The molecule has 1 saturated heterocycles. The van der Waals surface area contributed by atoms with Gasteiger partial charge in [0.1, 0.15) is 0 Å². The van der Waals surface area contributed by atoms with E-state index in [0.717, 1.165) is 23.8 Å². The Morgan fingerprint density at radius 2 is 1.76 bits per heavy atom. The number of piperidine rings is 1. The van der Waals surface area contributed by atoms with E-state index in [9.17, 15) is 0 Å². The third-order valence-corrected chi connectivity index (χ3v) is 5.02. The molecule has 4 unspecified atom stereocenters. The van der Waals surface area contributed by atoms with Gasteiger partial charge in [-0.25, -0.2) is 0 Å². The second kappa shape index (κ2) is 5.71. The van der Waals surface area contributed by atoms with Gasteiger partial charge in [0.25, 0.3) is 0 Å². The molecule has 17 heavy (non-hydrogen) atoms. The third-order valence-electron chi connectivity index (χ3n) is 5.02. The van der Waals surface area contributed by atoms with Crippen LogP contribution in [0.2, 0.25) is 0 Å². The minimum Gasteiger partial charge on any atom is -0.327 e. The Hall–Kier alpha value is -0.0800. The molecule has 1 aliphatic heterocycles. The molecule has 0 spiro atoms. The summed E-state index contributed by atoms with van der Waals surface area (Å²) in [5.41, 5.74) is 6.21. The van der Waals surface area contributed by atoms with Gasteiger partial charge in [0.15, 0.2) is 0 Å². The first-order valence-corrected chi connectivity index (χ1v) is 7.59. The Bertz CT molecular complexity index is 231. The van der Waals surface area contributed by atoms with Crippen LogP contribution in [0.15, 0.2) is 0 Å². The topological polar surface area (TPSA) is 29.3 Å². The van der Waals surface area contributed by atoms with E-state index in [0.29, 0.717) is 6.04 Å². The van der Waals surface area contributed by atoms with Crippen molar-refractivity contribution in [3.8, 4) is 0 Å². The van der Waals surface area contributed by atoms with E-state index in [2.05, 4.69) is 25.7 Å². The maximum atomic E-state index is 6.21. The predicted molar refractivity (Wildman–Crippen MR) is 73.9 cm³/mol. The van der Waals surface area contributed by atoms with Crippen molar-refractivity contribution < 1.29 is 0 Å². The number of hydrogen-bond donors (Lipinski definition) is 1. The van der Waals surface area contributed by atoms with Crippen LogP contribution in [0.1, 0.15) is 52.9 Å². The van der Waals surface area contributed by atoms with Gasteiger partial charge in [-0.05, 0) is 50.0 Å². The summed E-state index contributed by atoms with van der Waals surface area (Å²) in [7, 11) is 0. The molecule has 2 N–H and O–H groups in total. The van der Waals surface area contributed by atoms with Gasteiger partial charge in [-0.2, -0.15) is 0 Å². The van der Waals surface area contributed by atoms with E-state index < -0.39 is 0 Å². The fourth-order valence-corrected chi connectivity index (χ4v) is 4.04. The summed E-state index contributed by atoms with van der Waals surface area (Å²) in [4.78, 5) is 2.75. The van der Waals surface area contributed by atoms with Crippen molar-refractivity contribution in [1.29, 1.82) is 0 Å². The highest BCUT2D eigenvalue weighted by molar-refractivity contribution is 4.88. The molecular weight excluding hydrogens is 208 g/mol. The predicted octanol–water partition coefficient (Wildman–Crippen LogP) is 2.87. The van der Waals surface area contributed by atoms with E-state index in [4.69, 9.17) is 5.73 Å². The summed E-state index contributed by atoms with van der Waals surface area (Å²) in [6.07, 6.45) is 6.71. The van der Waals surface area contributed by atoms with E-state index in [-0.39, 0.29) is 0 Å².